The Bertz CT molecular complexity index is 789. The van der Waals surface area contributed by atoms with Crippen LogP contribution in [0.15, 0.2) is 41.1 Å². The normalized spacial score (nSPS) is 18.9. The minimum atomic E-state index is -0.0905. The van der Waals surface area contributed by atoms with Crippen molar-refractivity contribution in [2.24, 2.45) is 5.92 Å². The Morgan fingerprint density at radius 3 is 2.58 bits per heavy atom. The van der Waals surface area contributed by atoms with Crippen molar-refractivity contribution in [3.05, 3.63) is 48.0 Å². The monoisotopic (exact) mass is 423 g/mol. The highest BCUT2D eigenvalue weighted by Crippen LogP contribution is 2.28. The summed E-state index contributed by atoms with van der Waals surface area (Å²) in [5, 5.41) is 0. The van der Waals surface area contributed by atoms with Crippen molar-refractivity contribution >= 4 is 11.7 Å². The van der Waals surface area contributed by atoms with Crippen molar-refractivity contribution in [3.63, 3.8) is 0 Å². The number of unbranched alkanes of at least 4 members (excludes halogenated alkanes) is 1. The smallest absolute Gasteiger partial charge is 0.295 e. The molecule has 3 heterocycles. The van der Waals surface area contributed by atoms with Crippen LogP contribution in [0.25, 0.3) is 0 Å². The average molecular weight is 424 g/mol. The third kappa shape index (κ3) is 5.97. The maximum Gasteiger partial charge on any atom is 0.295 e. The van der Waals surface area contributed by atoms with Crippen molar-refractivity contribution in [2.45, 2.75) is 77.2 Å². The molecule has 0 N–H and O–H groups in total. The van der Waals surface area contributed by atoms with Gasteiger partial charge in [-0.3, -0.25) is 9.69 Å². The van der Waals surface area contributed by atoms with Crippen LogP contribution in [0.4, 0.5) is 5.82 Å². The predicted octanol–water partition coefficient (Wildman–Crippen LogP) is 5.84. The first kappa shape index (κ1) is 22.1. The largest absolute Gasteiger partial charge is 0.459 e. The van der Waals surface area contributed by atoms with Gasteiger partial charge in [-0.1, -0.05) is 51.0 Å². The van der Waals surface area contributed by atoms with Crippen LogP contribution in [-0.2, 0) is 0 Å². The van der Waals surface area contributed by atoms with E-state index < -0.39 is 0 Å². The minimum Gasteiger partial charge on any atom is -0.459 e. The topological polar surface area (TPSA) is 49.6 Å². The molecule has 0 atom stereocenters. The first-order chi connectivity index (χ1) is 15.2. The van der Waals surface area contributed by atoms with E-state index >= 15 is 0 Å². The molecule has 1 amide bonds. The predicted molar refractivity (Wildman–Crippen MR) is 124 cm³/mol. The maximum absolute atomic E-state index is 13.2. The summed E-state index contributed by atoms with van der Waals surface area (Å²) in [7, 11) is 0. The van der Waals surface area contributed by atoms with Gasteiger partial charge in [0.1, 0.15) is 5.82 Å². The van der Waals surface area contributed by atoms with E-state index in [2.05, 4.69) is 9.88 Å². The standard InChI is InChI=1S/C26H37N3O2/c1-21-12-13-25(27-20-21)29(26(30)24-11-7-19-31-24)23-14-17-28(18-15-23)16-6-5-10-22-8-3-2-4-9-22/h7,11-13,19-20,22-23H,2-6,8-10,14-18H2,1H3. The van der Waals surface area contributed by atoms with Crippen LogP contribution >= 0.6 is 0 Å². The van der Waals surface area contributed by atoms with Gasteiger partial charge >= 0.3 is 0 Å². The molecule has 31 heavy (non-hydrogen) atoms. The number of carbonyl (C=O) groups excluding carboxylic acids is 1. The zero-order valence-corrected chi connectivity index (χ0v) is 19.0. The molecule has 5 heteroatoms. The van der Waals surface area contributed by atoms with Gasteiger partial charge in [-0.2, -0.15) is 0 Å². The summed E-state index contributed by atoms with van der Waals surface area (Å²) in [4.78, 5) is 22.2. The van der Waals surface area contributed by atoms with Gasteiger partial charge in [-0.05, 0) is 62.4 Å². The van der Waals surface area contributed by atoms with Crippen LogP contribution in [-0.4, -0.2) is 41.5 Å². The van der Waals surface area contributed by atoms with Gasteiger partial charge in [-0.15, -0.1) is 0 Å². The maximum atomic E-state index is 13.2. The van der Waals surface area contributed by atoms with E-state index in [0.29, 0.717) is 5.76 Å². The quantitative estimate of drug-likeness (QED) is 0.500. The van der Waals surface area contributed by atoms with Crippen LogP contribution in [0.5, 0.6) is 0 Å². The molecule has 168 valence electrons. The van der Waals surface area contributed by atoms with E-state index in [1.807, 2.05) is 30.2 Å². The molecule has 2 aliphatic rings. The number of aryl methyl sites for hydroxylation is 1. The fourth-order valence-electron chi connectivity index (χ4n) is 5.22. The Labute approximate surface area is 186 Å². The third-order valence-corrected chi connectivity index (χ3v) is 7.08. The summed E-state index contributed by atoms with van der Waals surface area (Å²) < 4.78 is 5.42. The van der Waals surface area contributed by atoms with Gasteiger partial charge in [0.15, 0.2) is 5.76 Å². The molecule has 0 spiro atoms. The average Bonchev–Trinajstić information content (AvgIpc) is 3.35. The number of rotatable bonds is 8. The summed E-state index contributed by atoms with van der Waals surface area (Å²) >= 11 is 0. The van der Waals surface area contributed by atoms with Gasteiger partial charge in [0.05, 0.1) is 6.26 Å². The van der Waals surface area contributed by atoms with Crippen LogP contribution in [0, 0.1) is 12.8 Å². The molecule has 1 saturated heterocycles. The summed E-state index contributed by atoms with van der Waals surface area (Å²) in [6.45, 7) is 5.29. The summed E-state index contributed by atoms with van der Waals surface area (Å²) in [5.74, 6) is 2.00. The number of pyridine rings is 1. The lowest BCUT2D eigenvalue weighted by Gasteiger charge is -2.37. The van der Waals surface area contributed by atoms with E-state index in [9.17, 15) is 4.79 Å². The zero-order chi connectivity index (χ0) is 21.5. The fourth-order valence-corrected chi connectivity index (χ4v) is 5.22. The number of piperidine rings is 1. The first-order valence-electron chi connectivity index (χ1n) is 12.2. The van der Waals surface area contributed by atoms with Gasteiger partial charge in [0.2, 0.25) is 0 Å². The van der Waals surface area contributed by atoms with Gasteiger partial charge in [0, 0.05) is 25.3 Å². The Morgan fingerprint density at radius 1 is 1.10 bits per heavy atom. The van der Waals surface area contributed by atoms with Crippen molar-refractivity contribution in [1.82, 2.24) is 9.88 Å². The van der Waals surface area contributed by atoms with Crippen molar-refractivity contribution in [3.8, 4) is 0 Å². The second-order valence-electron chi connectivity index (χ2n) is 9.42. The van der Waals surface area contributed by atoms with E-state index in [0.717, 1.165) is 43.2 Å². The second-order valence-corrected chi connectivity index (χ2v) is 9.42. The third-order valence-electron chi connectivity index (χ3n) is 7.08. The lowest BCUT2D eigenvalue weighted by molar-refractivity contribution is 0.0931. The highest BCUT2D eigenvalue weighted by Gasteiger charge is 2.31. The molecule has 0 unspecified atom stereocenters. The Morgan fingerprint density at radius 2 is 1.90 bits per heavy atom. The van der Waals surface area contributed by atoms with Crippen LogP contribution in [0.2, 0.25) is 0 Å². The molecular weight excluding hydrogens is 386 g/mol. The van der Waals surface area contributed by atoms with Crippen LogP contribution in [0.3, 0.4) is 0 Å². The number of hydrogen-bond acceptors (Lipinski definition) is 4. The Hall–Kier alpha value is -2.14. The minimum absolute atomic E-state index is 0.0905. The van der Waals surface area contributed by atoms with Crippen molar-refractivity contribution < 1.29 is 9.21 Å². The molecule has 0 bridgehead atoms. The number of hydrogen-bond donors (Lipinski definition) is 0. The molecule has 2 aromatic heterocycles. The molecular formula is C26H37N3O2. The lowest BCUT2D eigenvalue weighted by atomic mass is 9.86. The number of anilines is 1. The number of amides is 1. The summed E-state index contributed by atoms with van der Waals surface area (Å²) in [6.07, 6.45) is 16.7. The first-order valence-corrected chi connectivity index (χ1v) is 12.2. The molecule has 2 fully saturated rings. The van der Waals surface area contributed by atoms with Gasteiger partial charge in [-0.25, -0.2) is 4.98 Å². The Kier molecular flexibility index (Phi) is 7.79. The second kappa shape index (κ2) is 10.9. The number of aromatic nitrogens is 1. The SMILES string of the molecule is Cc1ccc(N(C(=O)c2ccco2)C2CCN(CCCCC3CCCCC3)CC2)nc1. The number of nitrogens with zero attached hydrogens (tertiary/aromatic N) is 3. The van der Waals surface area contributed by atoms with Crippen molar-refractivity contribution in [1.29, 1.82) is 0 Å². The molecule has 1 saturated carbocycles. The van der Waals surface area contributed by atoms with Crippen LogP contribution < -0.4 is 4.90 Å². The number of furan rings is 1. The molecule has 0 radical (unpaired) electrons. The van der Waals surface area contributed by atoms with E-state index in [1.54, 1.807) is 18.4 Å². The highest BCUT2D eigenvalue weighted by molar-refractivity contribution is 6.04. The number of carbonyl (C=O) groups is 1. The zero-order valence-electron chi connectivity index (χ0n) is 19.0. The molecule has 1 aliphatic carbocycles. The van der Waals surface area contributed by atoms with Crippen molar-refractivity contribution in [2.75, 3.05) is 24.5 Å². The van der Waals surface area contributed by atoms with E-state index in [-0.39, 0.29) is 11.9 Å². The number of likely N-dealkylation sites (tertiary alicyclic amines) is 1. The van der Waals surface area contributed by atoms with E-state index in [1.165, 1.54) is 57.9 Å². The summed E-state index contributed by atoms with van der Waals surface area (Å²) in [5.41, 5.74) is 1.09. The molecule has 1 aliphatic heterocycles. The van der Waals surface area contributed by atoms with Crippen LogP contribution in [0.1, 0.15) is 80.3 Å². The van der Waals surface area contributed by atoms with Gasteiger partial charge in [0.25, 0.3) is 5.91 Å². The molecule has 4 rings (SSSR count). The van der Waals surface area contributed by atoms with Gasteiger partial charge < -0.3 is 9.32 Å². The lowest BCUT2D eigenvalue weighted by Crippen LogP contribution is -2.48. The highest BCUT2D eigenvalue weighted by atomic mass is 16.3. The summed E-state index contributed by atoms with van der Waals surface area (Å²) in [6, 6.07) is 7.64. The molecule has 5 nitrogen and oxygen atoms in total. The molecule has 2 aromatic rings. The van der Waals surface area contributed by atoms with E-state index in [4.69, 9.17) is 4.42 Å². The fraction of sp³-hybridized carbons (Fsp3) is 0.615. The molecule has 0 aromatic carbocycles. The Balaban J connectivity index is 1.30.